The first kappa shape index (κ1) is 13.9. The zero-order chi connectivity index (χ0) is 14.0. The zero-order valence-corrected chi connectivity index (χ0v) is 12.5. The van der Waals surface area contributed by atoms with Crippen LogP contribution in [0.15, 0.2) is 30.3 Å². The SMILES string of the molecule is O=C(NCC1CCC(Cl)CC1)C1(c2ccccc2)CC1. The van der Waals surface area contributed by atoms with Gasteiger partial charge in [0.15, 0.2) is 0 Å². The average molecular weight is 292 g/mol. The highest BCUT2D eigenvalue weighted by Crippen LogP contribution is 2.48. The number of nitrogens with one attached hydrogen (secondary N) is 1. The molecule has 1 aromatic rings. The Kier molecular flexibility index (Phi) is 4.02. The molecule has 0 heterocycles. The van der Waals surface area contributed by atoms with Crippen molar-refractivity contribution in [2.45, 2.75) is 49.3 Å². The van der Waals surface area contributed by atoms with Gasteiger partial charge in [0.25, 0.3) is 0 Å². The maximum atomic E-state index is 12.5. The monoisotopic (exact) mass is 291 g/mol. The zero-order valence-electron chi connectivity index (χ0n) is 11.8. The number of amides is 1. The van der Waals surface area contributed by atoms with E-state index in [1.807, 2.05) is 18.2 Å². The lowest BCUT2D eigenvalue weighted by Crippen LogP contribution is -2.38. The molecule has 2 fully saturated rings. The summed E-state index contributed by atoms with van der Waals surface area (Å²) in [7, 11) is 0. The molecule has 1 N–H and O–H groups in total. The van der Waals surface area contributed by atoms with Crippen molar-refractivity contribution < 1.29 is 4.79 Å². The van der Waals surface area contributed by atoms with Crippen molar-refractivity contribution in [2.75, 3.05) is 6.54 Å². The first-order valence-corrected chi connectivity index (χ1v) is 8.12. The van der Waals surface area contributed by atoms with Crippen molar-refractivity contribution in [3.8, 4) is 0 Å². The number of alkyl halides is 1. The maximum Gasteiger partial charge on any atom is 0.230 e. The fourth-order valence-corrected chi connectivity index (χ4v) is 3.51. The highest BCUT2D eigenvalue weighted by atomic mass is 35.5. The number of halogens is 1. The van der Waals surface area contributed by atoms with Crippen molar-refractivity contribution >= 4 is 17.5 Å². The van der Waals surface area contributed by atoms with E-state index in [0.717, 1.165) is 45.1 Å². The van der Waals surface area contributed by atoms with Gasteiger partial charge in [0.1, 0.15) is 0 Å². The van der Waals surface area contributed by atoms with Gasteiger partial charge in [-0.05, 0) is 50.0 Å². The standard InChI is InChI=1S/C17H22ClNO/c18-15-8-6-13(7-9-15)12-19-16(20)17(10-11-17)14-4-2-1-3-5-14/h1-5,13,15H,6-12H2,(H,19,20). The van der Waals surface area contributed by atoms with Gasteiger partial charge in [-0.2, -0.15) is 0 Å². The van der Waals surface area contributed by atoms with Crippen LogP contribution in [0.1, 0.15) is 44.1 Å². The fraction of sp³-hybridized carbons (Fsp3) is 0.588. The fourth-order valence-electron chi connectivity index (χ4n) is 3.26. The summed E-state index contributed by atoms with van der Waals surface area (Å²) in [5.74, 6) is 0.831. The van der Waals surface area contributed by atoms with Crippen LogP contribution < -0.4 is 5.32 Å². The number of hydrogen-bond acceptors (Lipinski definition) is 1. The Bertz CT molecular complexity index is 461. The van der Waals surface area contributed by atoms with Gasteiger partial charge in [-0.1, -0.05) is 30.3 Å². The minimum absolute atomic E-state index is 0.219. The number of carbonyl (C=O) groups is 1. The number of carbonyl (C=O) groups excluding carboxylic acids is 1. The largest absolute Gasteiger partial charge is 0.355 e. The van der Waals surface area contributed by atoms with Crippen molar-refractivity contribution in [1.82, 2.24) is 5.32 Å². The van der Waals surface area contributed by atoms with Crippen molar-refractivity contribution in [3.63, 3.8) is 0 Å². The molecule has 3 rings (SSSR count). The summed E-state index contributed by atoms with van der Waals surface area (Å²) >= 11 is 6.12. The van der Waals surface area contributed by atoms with Crippen LogP contribution in [0.4, 0.5) is 0 Å². The molecule has 0 saturated heterocycles. The van der Waals surface area contributed by atoms with E-state index in [4.69, 9.17) is 11.6 Å². The number of hydrogen-bond donors (Lipinski definition) is 1. The molecule has 0 aliphatic heterocycles. The molecule has 2 aliphatic carbocycles. The van der Waals surface area contributed by atoms with E-state index in [9.17, 15) is 4.79 Å². The van der Waals surface area contributed by atoms with E-state index >= 15 is 0 Å². The lowest BCUT2D eigenvalue weighted by molar-refractivity contribution is -0.123. The Hall–Kier alpha value is -1.02. The van der Waals surface area contributed by atoms with Gasteiger partial charge in [-0.25, -0.2) is 0 Å². The molecule has 0 spiro atoms. The van der Waals surface area contributed by atoms with E-state index < -0.39 is 0 Å². The Morgan fingerprint density at radius 3 is 2.40 bits per heavy atom. The van der Waals surface area contributed by atoms with Crippen LogP contribution in [0.25, 0.3) is 0 Å². The highest BCUT2D eigenvalue weighted by molar-refractivity contribution is 6.20. The average Bonchev–Trinajstić information content (AvgIpc) is 3.29. The Morgan fingerprint density at radius 2 is 1.80 bits per heavy atom. The quantitative estimate of drug-likeness (QED) is 0.843. The van der Waals surface area contributed by atoms with Crippen LogP contribution >= 0.6 is 11.6 Å². The third kappa shape index (κ3) is 2.85. The molecule has 2 aliphatic rings. The normalized spacial score (nSPS) is 27.9. The molecular formula is C17H22ClNO. The van der Waals surface area contributed by atoms with E-state index in [2.05, 4.69) is 17.4 Å². The molecule has 20 heavy (non-hydrogen) atoms. The number of rotatable bonds is 4. The third-order valence-corrected chi connectivity index (χ3v) is 5.28. The van der Waals surface area contributed by atoms with E-state index in [1.165, 1.54) is 5.56 Å². The lowest BCUT2D eigenvalue weighted by atomic mass is 9.88. The minimum atomic E-state index is -0.231. The van der Waals surface area contributed by atoms with Gasteiger partial charge in [0, 0.05) is 11.9 Å². The summed E-state index contributed by atoms with van der Waals surface area (Å²) in [4.78, 5) is 12.5. The second-order valence-electron chi connectivity index (χ2n) is 6.28. The molecule has 1 aromatic carbocycles. The summed E-state index contributed by atoms with van der Waals surface area (Å²) in [6.07, 6.45) is 6.44. The summed E-state index contributed by atoms with van der Waals surface area (Å²) in [5, 5.41) is 3.53. The highest BCUT2D eigenvalue weighted by Gasteiger charge is 2.51. The first-order chi connectivity index (χ1) is 9.71. The van der Waals surface area contributed by atoms with Gasteiger partial charge < -0.3 is 5.32 Å². The molecule has 3 heteroatoms. The second-order valence-corrected chi connectivity index (χ2v) is 6.89. The van der Waals surface area contributed by atoms with Crippen LogP contribution in [0.2, 0.25) is 0 Å². The number of benzene rings is 1. The molecule has 0 atom stereocenters. The maximum absolute atomic E-state index is 12.5. The van der Waals surface area contributed by atoms with Crippen LogP contribution in [0, 0.1) is 5.92 Å². The van der Waals surface area contributed by atoms with Gasteiger partial charge in [-0.3, -0.25) is 4.79 Å². The molecule has 1 amide bonds. The first-order valence-electron chi connectivity index (χ1n) is 7.68. The summed E-state index contributed by atoms with van der Waals surface area (Å²) in [6.45, 7) is 0.816. The summed E-state index contributed by atoms with van der Waals surface area (Å²) in [5.41, 5.74) is 0.937. The van der Waals surface area contributed by atoms with Gasteiger partial charge in [0.05, 0.1) is 5.41 Å². The van der Waals surface area contributed by atoms with E-state index in [1.54, 1.807) is 0 Å². The molecule has 108 valence electrons. The molecule has 2 saturated carbocycles. The molecular weight excluding hydrogens is 270 g/mol. The topological polar surface area (TPSA) is 29.1 Å². The molecule has 0 unspecified atom stereocenters. The van der Waals surface area contributed by atoms with Gasteiger partial charge in [-0.15, -0.1) is 11.6 Å². The summed E-state index contributed by atoms with van der Waals surface area (Å²) in [6, 6.07) is 10.2. The van der Waals surface area contributed by atoms with Crippen LogP contribution in [-0.2, 0) is 10.2 Å². The van der Waals surface area contributed by atoms with Gasteiger partial charge in [0.2, 0.25) is 5.91 Å². The Labute approximate surface area is 125 Å². The molecule has 0 bridgehead atoms. The molecule has 0 radical (unpaired) electrons. The molecule has 2 nitrogen and oxygen atoms in total. The van der Waals surface area contributed by atoms with Crippen molar-refractivity contribution in [1.29, 1.82) is 0 Å². The Balaban J connectivity index is 1.55. The smallest absolute Gasteiger partial charge is 0.230 e. The molecule has 0 aromatic heterocycles. The van der Waals surface area contributed by atoms with Crippen LogP contribution in [0.5, 0.6) is 0 Å². The van der Waals surface area contributed by atoms with Crippen LogP contribution in [-0.4, -0.2) is 17.8 Å². The van der Waals surface area contributed by atoms with E-state index in [0.29, 0.717) is 11.3 Å². The minimum Gasteiger partial charge on any atom is -0.355 e. The predicted molar refractivity (Wildman–Crippen MR) is 82.0 cm³/mol. The lowest BCUT2D eigenvalue weighted by Gasteiger charge is -2.26. The van der Waals surface area contributed by atoms with Crippen LogP contribution in [0.3, 0.4) is 0 Å². The predicted octanol–water partition coefficient (Wildman–Crippen LogP) is 3.63. The van der Waals surface area contributed by atoms with Crippen molar-refractivity contribution in [2.24, 2.45) is 5.92 Å². The second kappa shape index (κ2) is 5.77. The van der Waals surface area contributed by atoms with E-state index in [-0.39, 0.29) is 11.3 Å². The van der Waals surface area contributed by atoms with Gasteiger partial charge >= 0.3 is 0 Å². The third-order valence-electron chi connectivity index (χ3n) is 4.84. The van der Waals surface area contributed by atoms with Crippen molar-refractivity contribution in [3.05, 3.63) is 35.9 Å². The summed E-state index contributed by atoms with van der Waals surface area (Å²) < 4.78 is 0. The Morgan fingerprint density at radius 1 is 1.15 bits per heavy atom.